The van der Waals surface area contributed by atoms with Gasteiger partial charge in [0.05, 0.1) is 0 Å². The summed E-state index contributed by atoms with van der Waals surface area (Å²) in [6, 6.07) is 8.06. The average Bonchev–Trinajstić information content (AvgIpc) is 2.09. The standard InChI is InChI=1S/C9H11B.C2H6/c1-2-4-8-5-3-6-9(10)7-8;1-2/h3,5-7H,2,4H2,1H3;1-2H3. The van der Waals surface area contributed by atoms with Gasteiger partial charge in [-0.3, -0.25) is 0 Å². The lowest BCUT2D eigenvalue weighted by molar-refractivity contribution is 0.923. The predicted molar refractivity (Wildman–Crippen MR) is 57.2 cm³/mol. The second-order valence-electron chi connectivity index (χ2n) is 2.50. The van der Waals surface area contributed by atoms with Gasteiger partial charge < -0.3 is 0 Å². The summed E-state index contributed by atoms with van der Waals surface area (Å²) in [6.07, 6.45) is 2.31. The zero-order chi connectivity index (χ0) is 9.40. The molecule has 0 nitrogen and oxygen atoms in total. The third kappa shape index (κ3) is 4.22. The van der Waals surface area contributed by atoms with E-state index in [4.69, 9.17) is 7.85 Å². The number of aryl methyl sites for hydroxylation is 1. The topological polar surface area (TPSA) is 0 Å². The van der Waals surface area contributed by atoms with Crippen LogP contribution in [0.1, 0.15) is 32.8 Å². The number of benzene rings is 1. The van der Waals surface area contributed by atoms with Gasteiger partial charge in [0.2, 0.25) is 0 Å². The molecule has 0 N–H and O–H groups in total. The molecule has 2 radical (unpaired) electrons. The molecule has 1 heteroatoms. The van der Waals surface area contributed by atoms with Gasteiger partial charge in [-0.1, -0.05) is 56.9 Å². The van der Waals surface area contributed by atoms with Crippen molar-refractivity contribution >= 4 is 13.3 Å². The van der Waals surface area contributed by atoms with E-state index < -0.39 is 0 Å². The smallest absolute Gasteiger partial charge is 0.0964 e. The summed E-state index contributed by atoms with van der Waals surface area (Å²) in [6.45, 7) is 6.17. The summed E-state index contributed by atoms with van der Waals surface area (Å²) < 4.78 is 0. The number of hydrogen-bond donors (Lipinski definition) is 0. The lowest BCUT2D eigenvalue weighted by Crippen LogP contribution is -2.01. The first-order valence-corrected chi connectivity index (χ1v) is 4.67. The first-order chi connectivity index (χ1) is 5.83. The molecule has 0 amide bonds. The van der Waals surface area contributed by atoms with E-state index in [0.717, 1.165) is 11.9 Å². The molecule has 0 aromatic heterocycles. The minimum atomic E-state index is 0.867. The van der Waals surface area contributed by atoms with Crippen molar-refractivity contribution in [1.82, 2.24) is 0 Å². The Hall–Kier alpha value is -0.715. The van der Waals surface area contributed by atoms with Crippen LogP contribution < -0.4 is 5.46 Å². The summed E-state index contributed by atoms with van der Waals surface area (Å²) in [4.78, 5) is 0. The van der Waals surface area contributed by atoms with Gasteiger partial charge in [-0.25, -0.2) is 0 Å². The molecule has 0 heterocycles. The molecule has 0 saturated heterocycles. The van der Waals surface area contributed by atoms with Crippen LogP contribution in [0.15, 0.2) is 24.3 Å². The average molecular weight is 160 g/mol. The van der Waals surface area contributed by atoms with Crippen molar-refractivity contribution in [3.63, 3.8) is 0 Å². The van der Waals surface area contributed by atoms with Crippen molar-refractivity contribution in [3.8, 4) is 0 Å². The Kier molecular flexibility index (Phi) is 6.55. The van der Waals surface area contributed by atoms with Crippen LogP contribution in [-0.2, 0) is 6.42 Å². The van der Waals surface area contributed by atoms with E-state index in [0.29, 0.717) is 0 Å². The molecule has 0 bridgehead atoms. The third-order valence-corrected chi connectivity index (χ3v) is 1.49. The zero-order valence-corrected chi connectivity index (χ0v) is 8.30. The highest BCUT2D eigenvalue weighted by molar-refractivity contribution is 6.32. The molecule has 1 rings (SSSR count). The first kappa shape index (κ1) is 11.3. The van der Waals surface area contributed by atoms with Gasteiger partial charge in [-0.2, -0.15) is 0 Å². The van der Waals surface area contributed by atoms with Crippen molar-refractivity contribution in [2.45, 2.75) is 33.6 Å². The van der Waals surface area contributed by atoms with E-state index >= 15 is 0 Å². The molecule has 0 aliphatic carbocycles. The van der Waals surface area contributed by atoms with Crippen molar-refractivity contribution in [3.05, 3.63) is 29.8 Å². The van der Waals surface area contributed by atoms with Gasteiger partial charge >= 0.3 is 0 Å². The first-order valence-electron chi connectivity index (χ1n) is 4.67. The molecular weight excluding hydrogens is 143 g/mol. The van der Waals surface area contributed by atoms with Crippen LogP contribution in [0.2, 0.25) is 0 Å². The summed E-state index contributed by atoms with van der Waals surface area (Å²) in [5.41, 5.74) is 2.20. The third-order valence-electron chi connectivity index (χ3n) is 1.49. The van der Waals surface area contributed by atoms with Gasteiger partial charge in [-0.05, 0) is 12.0 Å². The summed E-state index contributed by atoms with van der Waals surface area (Å²) in [7, 11) is 5.59. The van der Waals surface area contributed by atoms with Crippen molar-refractivity contribution in [1.29, 1.82) is 0 Å². The van der Waals surface area contributed by atoms with Gasteiger partial charge in [0.15, 0.2) is 0 Å². The summed E-state index contributed by atoms with van der Waals surface area (Å²) >= 11 is 0. The molecular formula is C11H17B. The molecule has 0 spiro atoms. The Morgan fingerprint density at radius 3 is 2.42 bits per heavy atom. The Labute approximate surface area is 77.4 Å². The zero-order valence-electron chi connectivity index (χ0n) is 8.30. The Morgan fingerprint density at radius 2 is 1.92 bits per heavy atom. The fraction of sp³-hybridized carbons (Fsp3) is 0.455. The summed E-state index contributed by atoms with van der Waals surface area (Å²) in [5, 5.41) is 0. The number of rotatable bonds is 2. The van der Waals surface area contributed by atoms with Gasteiger partial charge in [0.25, 0.3) is 0 Å². The lowest BCUT2D eigenvalue weighted by atomic mass is 9.93. The van der Waals surface area contributed by atoms with Crippen molar-refractivity contribution in [2.75, 3.05) is 0 Å². The van der Waals surface area contributed by atoms with E-state index in [1.165, 1.54) is 12.0 Å². The highest BCUT2D eigenvalue weighted by atomic mass is 13.9. The van der Waals surface area contributed by atoms with E-state index in [9.17, 15) is 0 Å². The van der Waals surface area contributed by atoms with Gasteiger partial charge in [0.1, 0.15) is 7.85 Å². The van der Waals surface area contributed by atoms with E-state index in [2.05, 4.69) is 13.0 Å². The second kappa shape index (κ2) is 6.96. The molecule has 1 aromatic rings. The van der Waals surface area contributed by atoms with Crippen LogP contribution in [0.25, 0.3) is 0 Å². The van der Waals surface area contributed by atoms with Crippen molar-refractivity contribution in [2.24, 2.45) is 0 Å². The minimum absolute atomic E-state index is 0.867. The Bertz CT molecular complexity index is 206. The molecule has 1 aromatic carbocycles. The van der Waals surface area contributed by atoms with Crippen LogP contribution in [0.5, 0.6) is 0 Å². The van der Waals surface area contributed by atoms with Gasteiger partial charge in [0, 0.05) is 0 Å². The normalized spacial score (nSPS) is 8.58. The van der Waals surface area contributed by atoms with Crippen LogP contribution in [-0.4, -0.2) is 7.85 Å². The predicted octanol–water partition coefficient (Wildman–Crippen LogP) is 2.46. The molecule has 0 aliphatic rings. The minimum Gasteiger partial charge on any atom is -0.0964 e. The molecule has 0 fully saturated rings. The maximum atomic E-state index is 5.59. The van der Waals surface area contributed by atoms with E-state index in [1.807, 2.05) is 32.0 Å². The summed E-state index contributed by atoms with van der Waals surface area (Å²) in [5.74, 6) is 0. The number of hydrogen-bond acceptors (Lipinski definition) is 0. The highest BCUT2D eigenvalue weighted by Crippen LogP contribution is 1.98. The Morgan fingerprint density at radius 1 is 1.25 bits per heavy atom. The SMILES string of the molecule is CC.[B]c1cccc(CCC)c1. The van der Waals surface area contributed by atoms with Crippen LogP contribution in [0.4, 0.5) is 0 Å². The van der Waals surface area contributed by atoms with E-state index in [-0.39, 0.29) is 0 Å². The fourth-order valence-electron chi connectivity index (χ4n) is 1.04. The van der Waals surface area contributed by atoms with E-state index in [1.54, 1.807) is 0 Å². The monoisotopic (exact) mass is 160 g/mol. The lowest BCUT2D eigenvalue weighted by Gasteiger charge is -1.98. The second-order valence-corrected chi connectivity index (χ2v) is 2.50. The molecule has 0 aliphatic heterocycles. The maximum Gasteiger partial charge on any atom is 0.113 e. The van der Waals surface area contributed by atoms with Crippen LogP contribution in [0, 0.1) is 0 Å². The molecule has 0 atom stereocenters. The van der Waals surface area contributed by atoms with Crippen LogP contribution >= 0.6 is 0 Å². The Balaban J connectivity index is 0.000000561. The molecule has 0 unspecified atom stereocenters. The molecule has 0 saturated carbocycles. The molecule has 12 heavy (non-hydrogen) atoms. The largest absolute Gasteiger partial charge is 0.113 e. The van der Waals surface area contributed by atoms with Crippen molar-refractivity contribution < 1.29 is 0 Å². The highest BCUT2D eigenvalue weighted by Gasteiger charge is 1.88. The van der Waals surface area contributed by atoms with Gasteiger partial charge in [-0.15, -0.1) is 0 Å². The van der Waals surface area contributed by atoms with Crippen LogP contribution in [0.3, 0.4) is 0 Å². The fourth-order valence-corrected chi connectivity index (χ4v) is 1.04. The quantitative estimate of drug-likeness (QED) is 0.583. The maximum absolute atomic E-state index is 5.59. The molecule has 64 valence electrons.